The van der Waals surface area contributed by atoms with Gasteiger partial charge < -0.3 is 20.7 Å². The fourth-order valence-electron chi connectivity index (χ4n) is 2.96. The second kappa shape index (κ2) is 13.9. The van der Waals surface area contributed by atoms with Crippen LogP contribution >= 0.6 is 24.0 Å². The Balaban J connectivity index is 0.00000341. The molecule has 31 heavy (non-hydrogen) atoms. The number of halogens is 1. The van der Waals surface area contributed by atoms with E-state index < -0.39 is 0 Å². The van der Waals surface area contributed by atoms with Gasteiger partial charge in [-0.25, -0.2) is 4.99 Å². The minimum absolute atomic E-state index is 0. The van der Waals surface area contributed by atoms with E-state index in [0.29, 0.717) is 18.7 Å². The molecule has 0 spiro atoms. The van der Waals surface area contributed by atoms with Crippen molar-refractivity contribution >= 4 is 35.8 Å². The number of hydrogen-bond donors (Lipinski definition) is 3. The van der Waals surface area contributed by atoms with Crippen LogP contribution < -0.4 is 20.7 Å². The monoisotopic (exact) mass is 536 g/mol. The van der Waals surface area contributed by atoms with Gasteiger partial charge in [-0.15, -0.1) is 24.0 Å². The van der Waals surface area contributed by atoms with Crippen LogP contribution in [0, 0.1) is 5.92 Å². The van der Waals surface area contributed by atoms with Crippen LogP contribution in [0.5, 0.6) is 5.75 Å². The first-order valence-electron chi connectivity index (χ1n) is 10.8. The third-order valence-electron chi connectivity index (χ3n) is 4.86. The molecule has 1 saturated carbocycles. The van der Waals surface area contributed by atoms with Crippen LogP contribution in [0.15, 0.2) is 59.6 Å². The molecule has 0 aliphatic heterocycles. The highest BCUT2D eigenvalue weighted by Gasteiger charge is 2.22. The molecule has 1 fully saturated rings. The molecule has 0 atom stereocenters. The quantitative estimate of drug-likeness (QED) is 0.176. The normalized spacial score (nSPS) is 13.1. The lowest BCUT2D eigenvalue weighted by Crippen LogP contribution is -2.38. The summed E-state index contributed by atoms with van der Waals surface area (Å²) >= 11 is 0. The molecule has 168 valence electrons. The summed E-state index contributed by atoms with van der Waals surface area (Å²) in [6, 6.07) is 17.4. The SMILES string of the molecule is CCNC(=NCc1ccccc1OCC1CC1)NCCCNC(=O)c1ccccc1.I. The maximum atomic E-state index is 12.1. The standard InChI is InChI=1S/C24H32N4O2.HI/c1-2-25-24(27-16-8-15-26-23(29)20-9-4-3-5-10-20)28-17-21-11-6-7-12-22(21)30-18-19-13-14-19;/h3-7,9-12,19H,2,8,13-18H2,1H3,(H,26,29)(H2,25,27,28);1H. The summed E-state index contributed by atoms with van der Waals surface area (Å²) in [4.78, 5) is 16.7. The minimum Gasteiger partial charge on any atom is -0.493 e. The van der Waals surface area contributed by atoms with Gasteiger partial charge in [-0.3, -0.25) is 4.79 Å². The van der Waals surface area contributed by atoms with Crippen molar-refractivity contribution < 1.29 is 9.53 Å². The molecule has 2 aromatic rings. The molecule has 0 saturated heterocycles. The first-order valence-corrected chi connectivity index (χ1v) is 10.8. The Morgan fingerprint density at radius 2 is 1.71 bits per heavy atom. The van der Waals surface area contributed by atoms with Crippen LogP contribution in [-0.4, -0.2) is 38.1 Å². The molecule has 0 heterocycles. The number of guanidine groups is 1. The van der Waals surface area contributed by atoms with E-state index in [2.05, 4.69) is 22.0 Å². The lowest BCUT2D eigenvalue weighted by atomic mass is 10.2. The van der Waals surface area contributed by atoms with Crippen LogP contribution in [0.2, 0.25) is 0 Å². The summed E-state index contributed by atoms with van der Waals surface area (Å²) in [6.45, 7) is 5.52. The second-order valence-corrected chi connectivity index (χ2v) is 7.46. The van der Waals surface area contributed by atoms with E-state index in [1.807, 2.05) is 55.5 Å². The summed E-state index contributed by atoms with van der Waals surface area (Å²) in [7, 11) is 0. The second-order valence-electron chi connectivity index (χ2n) is 7.46. The smallest absolute Gasteiger partial charge is 0.251 e. The summed E-state index contributed by atoms with van der Waals surface area (Å²) < 4.78 is 5.98. The van der Waals surface area contributed by atoms with Crippen molar-refractivity contribution in [2.24, 2.45) is 10.9 Å². The Morgan fingerprint density at radius 3 is 2.45 bits per heavy atom. The zero-order chi connectivity index (χ0) is 21.0. The molecule has 1 amide bonds. The van der Waals surface area contributed by atoms with Gasteiger partial charge in [0.1, 0.15) is 5.75 Å². The van der Waals surface area contributed by atoms with Crippen molar-refractivity contribution in [3.05, 3.63) is 65.7 Å². The summed E-state index contributed by atoms with van der Waals surface area (Å²) in [5.41, 5.74) is 1.77. The van der Waals surface area contributed by atoms with E-state index in [1.165, 1.54) is 12.8 Å². The lowest BCUT2D eigenvalue weighted by molar-refractivity contribution is 0.0953. The van der Waals surface area contributed by atoms with E-state index in [4.69, 9.17) is 9.73 Å². The Hall–Kier alpha value is -2.29. The van der Waals surface area contributed by atoms with Gasteiger partial charge >= 0.3 is 0 Å². The highest BCUT2D eigenvalue weighted by molar-refractivity contribution is 14.0. The molecule has 0 aromatic heterocycles. The molecule has 1 aliphatic rings. The van der Waals surface area contributed by atoms with Gasteiger partial charge in [0.05, 0.1) is 13.2 Å². The van der Waals surface area contributed by atoms with Gasteiger partial charge in [0.2, 0.25) is 0 Å². The van der Waals surface area contributed by atoms with Crippen molar-refractivity contribution in [2.75, 3.05) is 26.2 Å². The number of para-hydroxylation sites is 1. The van der Waals surface area contributed by atoms with E-state index in [1.54, 1.807) is 0 Å². The number of rotatable bonds is 11. The average Bonchev–Trinajstić information content (AvgIpc) is 3.61. The van der Waals surface area contributed by atoms with Gasteiger partial charge in [0, 0.05) is 30.8 Å². The maximum absolute atomic E-state index is 12.1. The summed E-state index contributed by atoms with van der Waals surface area (Å²) in [5, 5.41) is 9.54. The highest BCUT2D eigenvalue weighted by atomic mass is 127. The van der Waals surface area contributed by atoms with Crippen LogP contribution in [0.4, 0.5) is 0 Å². The van der Waals surface area contributed by atoms with E-state index in [-0.39, 0.29) is 29.9 Å². The topological polar surface area (TPSA) is 74.8 Å². The fraction of sp³-hybridized carbons (Fsp3) is 0.417. The zero-order valence-corrected chi connectivity index (χ0v) is 20.4. The molecule has 3 rings (SSSR count). The van der Waals surface area contributed by atoms with Gasteiger partial charge in [-0.05, 0) is 50.3 Å². The van der Waals surface area contributed by atoms with Crippen LogP contribution in [-0.2, 0) is 6.54 Å². The molecule has 1 aliphatic carbocycles. The number of carbonyl (C=O) groups excluding carboxylic acids is 1. The third kappa shape index (κ3) is 9.16. The number of carbonyl (C=O) groups is 1. The molecular weight excluding hydrogens is 503 g/mol. The number of nitrogens with zero attached hydrogens (tertiary/aromatic N) is 1. The van der Waals surface area contributed by atoms with Gasteiger partial charge in [-0.2, -0.15) is 0 Å². The van der Waals surface area contributed by atoms with Crippen molar-refractivity contribution in [3.8, 4) is 5.75 Å². The van der Waals surface area contributed by atoms with E-state index in [9.17, 15) is 4.79 Å². The number of benzene rings is 2. The first kappa shape index (κ1) is 25.0. The van der Waals surface area contributed by atoms with Crippen LogP contribution in [0.25, 0.3) is 0 Å². The molecule has 6 nitrogen and oxygen atoms in total. The predicted molar refractivity (Wildman–Crippen MR) is 136 cm³/mol. The van der Waals surface area contributed by atoms with Crippen LogP contribution in [0.1, 0.15) is 42.1 Å². The predicted octanol–water partition coefficient (Wildman–Crippen LogP) is 3.97. The molecule has 3 N–H and O–H groups in total. The Bertz CT molecular complexity index is 825. The summed E-state index contributed by atoms with van der Waals surface area (Å²) in [6.07, 6.45) is 3.37. The van der Waals surface area contributed by atoms with Gasteiger partial charge in [0.15, 0.2) is 5.96 Å². The number of aliphatic imine (C=N–C) groups is 1. The zero-order valence-electron chi connectivity index (χ0n) is 18.1. The van der Waals surface area contributed by atoms with Gasteiger partial charge in [0.25, 0.3) is 5.91 Å². The maximum Gasteiger partial charge on any atom is 0.251 e. The number of nitrogens with one attached hydrogen (secondary N) is 3. The molecular formula is C24H33IN4O2. The average molecular weight is 536 g/mol. The Labute approximate surface area is 202 Å². The minimum atomic E-state index is -0.0426. The van der Waals surface area contributed by atoms with Gasteiger partial charge in [-0.1, -0.05) is 36.4 Å². The number of ether oxygens (including phenoxy) is 1. The van der Waals surface area contributed by atoms with Crippen molar-refractivity contribution in [3.63, 3.8) is 0 Å². The Morgan fingerprint density at radius 1 is 1.00 bits per heavy atom. The molecule has 7 heteroatoms. The van der Waals surface area contributed by atoms with Crippen molar-refractivity contribution in [1.29, 1.82) is 0 Å². The first-order chi connectivity index (χ1) is 14.8. The molecule has 0 bridgehead atoms. The van der Waals surface area contributed by atoms with E-state index >= 15 is 0 Å². The van der Waals surface area contributed by atoms with Crippen LogP contribution in [0.3, 0.4) is 0 Å². The Kier molecular flexibility index (Phi) is 11.2. The van der Waals surface area contributed by atoms with Crippen molar-refractivity contribution in [1.82, 2.24) is 16.0 Å². The molecule has 0 radical (unpaired) electrons. The molecule has 0 unspecified atom stereocenters. The largest absolute Gasteiger partial charge is 0.493 e. The summed E-state index contributed by atoms with van der Waals surface area (Å²) in [5.74, 6) is 2.37. The fourth-order valence-corrected chi connectivity index (χ4v) is 2.96. The molecule has 2 aromatic carbocycles. The third-order valence-corrected chi connectivity index (χ3v) is 4.86. The van der Waals surface area contributed by atoms with E-state index in [0.717, 1.165) is 49.3 Å². The number of amides is 1. The highest BCUT2D eigenvalue weighted by Crippen LogP contribution is 2.30. The van der Waals surface area contributed by atoms with Crippen molar-refractivity contribution in [2.45, 2.75) is 32.7 Å². The lowest BCUT2D eigenvalue weighted by Gasteiger charge is -2.13. The number of hydrogen-bond acceptors (Lipinski definition) is 3.